The summed E-state index contributed by atoms with van der Waals surface area (Å²) in [4.78, 5) is 12.0. The molecule has 1 heterocycles. The third-order valence-electron chi connectivity index (χ3n) is 3.18. The highest BCUT2D eigenvalue weighted by Gasteiger charge is 2.10. The van der Waals surface area contributed by atoms with E-state index in [0.29, 0.717) is 31.7 Å². The fourth-order valence-corrected chi connectivity index (χ4v) is 4.09. The van der Waals surface area contributed by atoms with Gasteiger partial charge in [-0.25, -0.2) is 0 Å². The first-order chi connectivity index (χ1) is 13.0. The monoisotopic (exact) mass is 459 g/mol. The Bertz CT molecular complexity index is 935. The highest BCUT2D eigenvalue weighted by molar-refractivity contribution is 8.00. The summed E-state index contributed by atoms with van der Waals surface area (Å²) in [7, 11) is 0. The van der Waals surface area contributed by atoms with E-state index in [1.54, 1.807) is 30.3 Å². The van der Waals surface area contributed by atoms with Crippen molar-refractivity contribution in [2.75, 3.05) is 11.9 Å². The summed E-state index contributed by atoms with van der Waals surface area (Å²) in [5.74, 6) is 0.908. The molecule has 0 radical (unpaired) electrons. The summed E-state index contributed by atoms with van der Waals surface area (Å²) in [5.41, 5.74) is 1.02. The summed E-state index contributed by atoms with van der Waals surface area (Å²) in [5, 5.41) is 12.7. The number of nitrogens with one attached hydrogen (secondary N) is 1. The van der Waals surface area contributed by atoms with E-state index in [2.05, 4.69) is 15.5 Å². The average molecular weight is 461 g/mol. The molecule has 0 fully saturated rings. The molecule has 10 heteroatoms. The highest BCUT2D eigenvalue weighted by Crippen LogP contribution is 2.30. The molecule has 0 unspecified atom stereocenters. The third kappa shape index (κ3) is 6.26. The number of carbonyl (C=O) groups excluding carboxylic acids is 1. The first kappa shape index (κ1) is 20.2. The molecule has 3 rings (SSSR count). The quantitative estimate of drug-likeness (QED) is 0.356. The molecule has 0 atom stereocenters. The maximum Gasteiger partial charge on any atom is 0.264 e. The Morgan fingerprint density at radius 3 is 2.59 bits per heavy atom. The lowest BCUT2D eigenvalue weighted by Crippen LogP contribution is -2.20. The van der Waals surface area contributed by atoms with Crippen LogP contribution >= 0.6 is 57.9 Å². The first-order valence-corrected chi connectivity index (χ1v) is 10.5. The predicted molar refractivity (Wildman–Crippen MR) is 112 cm³/mol. The largest absolute Gasteiger partial charge is 0.484 e. The Balaban J connectivity index is 1.47. The van der Waals surface area contributed by atoms with Crippen molar-refractivity contribution in [3.63, 3.8) is 0 Å². The molecule has 0 aliphatic heterocycles. The minimum absolute atomic E-state index is 0.132. The van der Waals surface area contributed by atoms with Gasteiger partial charge in [-0.3, -0.25) is 10.1 Å². The number of aromatic nitrogens is 2. The molecular formula is C17H12Cl3N3O2S2. The zero-order valence-corrected chi connectivity index (χ0v) is 17.5. The van der Waals surface area contributed by atoms with Gasteiger partial charge in [0, 0.05) is 10.8 Å². The molecule has 140 valence electrons. The van der Waals surface area contributed by atoms with Gasteiger partial charge in [-0.2, -0.15) is 0 Å². The van der Waals surface area contributed by atoms with Crippen LogP contribution in [0.4, 0.5) is 5.13 Å². The molecule has 0 bridgehead atoms. The summed E-state index contributed by atoms with van der Waals surface area (Å²) < 4.78 is 6.12. The van der Waals surface area contributed by atoms with Crippen LogP contribution in [-0.4, -0.2) is 22.7 Å². The molecule has 27 heavy (non-hydrogen) atoms. The number of thioether (sulfide) groups is 1. The number of nitrogens with zero attached hydrogens (tertiary/aromatic N) is 2. The molecule has 2 aromatic carbocycles. The smallest absolute Gasteiger partial charge is 0.264 e. The van der Waals surface area contributed by atoms with Gasteiger partial charge in [-0.05, 0) is 42.0 Å². The minimum atomic E-state index is -0.317. The van der Waals surface area contributed by atoms with Crippen LogP contribution in [0.3, 0.4) is 0 Å². The van der Waals surface area contributed by atoms with Gasteiger partial charge in [0.1, 0.15) is 5.75 Å². The van der Waals surface area contributed by atoms with Crippen molar-refractivity contribution in [3.8, 4) is 5.75 Å². The Kier molecular flexibility index (Phi) is 7.20. The van der Waals surface area contributed by atoms with Gasteiger partial charge in [0.15, 0.2) is 10.9 Å². The normalized spacial score (nSPS) is 10.6. The van der Waals surface area contributed by atoms with Crippen LogP contribution in [0.1, 0.15) is 5.56 Å². The molecule has 1 aromatic heterocycles. The second-order valence-corrected chi connectivity index (χ2v) is 8.65. The van der Waals surface area contributed by atoms with E-state index in [0.717, 1.165) is 9.90 Å². The highest BCUT2D eigenvalue weighted by atomic mass is 35.5. The molecule has 0 saturated carbocycles. The third-order valence-corrected chi connectivity index (χ3v) is 6.22. The zero-order valence-electron chi connectivity index (χ0n) is 13.6. The van der Waals surface area contributed by atoms with Crippen molar-refractivity contribution >= 4 is 68.9 Å². The first-order valence-electron chi connectivity index (χ1n) is 7.58. The topological polar surface area (TPSA) is 64.1 Å². The van der Waals surface area contributed by atoms with Gasteiger partial charge in [0.25, 0.3) is 5.91 Å². The van der Waals surface area contributed by atoms with Gasteiger partial charge in [0.05, 0.1) is 10.0 Å². The van der Waals surface area contributed by atoms with Crippen LogP contribution in [0, 0.1) is 0 Å². The molecular weight excluding hydrogens is 449 g/mol. The molecule has 0 aliphatic rings. The van der Waals surface area contributed by atoms with Gasteiger partial charge in [0.2, 0.25) is 5.13 Å². The Morgan fingerprint density at radius 1 is 1.07 bits per heavy atom. The van der Waals surface area contributed by atoms with E-state index in [1.165, 1.54) is 23.1 Å². The lowest BCUT2D eigenvalue weighted by molar-refractivity contribution is -0.118. The number of benzene rings is 2. The van der Waals surface area contributed by atoms with E-state index in [9.17, 15) is 4.79 Å². The molecule has 1 amide bonds. The number of rotatable bonds is 7. The van der Waals surface area contributed by atoms with Crippen molar-refractivity contribution in [1.29, 1.82) is 0 Å². The summed E-state index contributed by atoms with van der Waals surface area (Å²) in [6.45, 7) is -0.132. The zero-order chi connectivity index (χ0) is 19.2. The molecule has 0 spiro atoms. The number of halogens is 3. The number of ether oxygens (including phenoxy) is 1. The molecule has 0 saturated heterocycles. The number of hydrogen-bond donors (Lipinski definition) is 1. The van der Waals surface area contributed by atoms with Gasteiger partial charge >= 0.3 is 0 Å². The van der Waals surface area contributed by atoms with E-state index >= 15 is 0 Å². The van der Waals surface area contributed by atoms with Crippen molar-refractivity contribution in [1.82, 2.24) is 10.2 Å². The summed E-state index contributed by atoms with van der Waals surface area (Å²) in [6, 6.07) is 12.2. The van der Waals surface area contributed by atoms with E-state index in [1.807, 2.05) is 12.1 Å². The van der Waals surface area contributed by atoms with Gasteiger partial charge in [-0.15, -0.1) is 10.2 Å². The Labute approximate surface area is 179 Å². The van der Waals surface area contributed by atoms with Crippen LogP contribution in [0.2, 0.25) is 15.1 Å². The predicted octanol–water partition coefficient (Wildman–Crippen LogP) is 5.81. The Morgan fingerprint density at radius 2 is 1.85 bits per heavy atom. The lowest BCUT2D eigenvalue weighted by Gasteiger charge is -2.05. The Hall–Kier alpha value is -1.51. The number of carbonyl (C=O) groups is 1. The van der Waals surface area contributed by atoms with Gasteiger partial charge < -0.3 is 4.74 Å². The van der Waals surface area contributed by atoms with Crippen LogP contribution < -0.4 is 10.1 Å². The number of hydrogen-bond acceptors (Lipinski definition) is 6. The molecule has 1 N–H and O–H groups in total. The fraction of sp³-hybridized carbons (Fsp3) is 0.118. The maximum absolute atomic E-state index is 12.0. The van der Waals surface area contributed by atoms with Crippen molar-refractivity contribution < 1.29 is 9.53 Å². The lowest BCUT2D eigenvalue weighted by atomic mass is 10.2. The average Bonchev–Trinajstić information content (AvgIpc) is 3.09. The standard InChI is InChI=1S/C17H12Cl3N3O2S2/c18-11-2-4-12(5-3-11)25-8-15(24)21-16-22-23-17(27-16)26-9-10-1-6-13(19)14(20)7-10/h1-7H,8-9H2,(H,21,22,24). The second kappa shape index (κ2) is 9.61. The number of amides is 1. The summed E-state index contributed by atoms with van der Waals surface area (Å²) in [6.07, 6.45) is 0. The van der Waals surface area contributed by atoms with Crippen LogP contribution in [0.15, 0.2) is 46.8 Å². The fourth-order valence-electron chi connectivity index (χ4n) is 1.93. The molecule has 5 nitrogen and oxygen atoms in total. The molecule has 3 aromatic rings. The van der Waals surface area contributed by atoms with Crippen LogP contribution in [-0.2, 0) is 10.5 Å². The SMILES string of the molecule is O=C(COc1ccc(Cl)cc1)Nc1nnc(SCc2ccc(Cl)c(Cl)c2)s1. The van der Waals surface area contributed by atoms with Gasteiger partial charge in [-0.1, -0.05) is 64.0 Å². The van der Waals surface area contributed by atoms with E-state index in [4.69, 9.17) is 39.5 Å². The van der Waals surface area contributed by atoms with E-state index < -0.39 is 0 Å². The van der Waals surface area contributed by atoms with Crippen LogP contribution in [0.25, 0.3) is 0 Å². The van der Waals surface area contributed by atoms with Crippen molar-refractivity contribution in [2.45, 2.75) is 10.1 Å². The minimum Gasteiger partial charge on any atom is -0.484 e. The summed E-state index contributed by atoms with van der Waals surface area (Å²) >= 11 is 20.5. The number of anilines is 1. The second-order valence-electron chi connectivity index (χ2n) is 5.20. The maximum atomic E-state index is 12.0. The van der Waals surface area contributed by atoms with Crippen molar-refractivity contribution in [2.24, 2.45) is 0 Å². The van der Waals surface area contributed by atoms with E-state index in [-0.39, 0.29) is 12.5 Å². The molecule has 0 aliphatic carbocycles. The van der Waals surface area contributed by atoms with Crippen molar-refractivity contribution in [3.05, 3.63) is 63.1 Å². The van der Waals surface area contributed by atoms with Crippen LogP contribution in [0.5, 0.6) is 5.75 Å².